The first-order valence-corrected chi connectivity index (χ1v) is 21.7. The second-order valence-corrected chi connectivity index (χ2v) is 19.3. The molecular formula is C25H39N4O17P3S2. The molecule has 2 aliphatic rings. The van der Waals surface area contributed by atoms with Gasteiger partial charge >= 0.3 is 32.6 Å². The third-order valence-electron chi connectivity index (χ3n) is 7.46. The van der Waals surface area contributed by atoms with E-state index in [-0.39, 0.29) is 5.56 Å². The predicted molar refractivity (Wildman–Crippen MR) is 183 cm³/mol. The van der Waals surface area contributed by atoms with Crippen LogP contribution in [-0.4, -0.2) is 95.1 Å². The van der Waals surface area contributed by atoms with Crippen molar-refractivity contribution in [1.82, 2.24) is 19.1 Å². The highest BCUT2D eigenvalue weighted by Gasteiger charge is 2.51. The van der Waals surface area contributed by atoms with Gasteiger partial charge in [0.1, 0.15) is 36.7 Å². The molecule has 51 heavy (non-hydrogen) atoms. The average molecular weight is 825 g/mol. The molecule has 0 saturated carbocycles. The number of aromatic nitrogens is 4. The van der Waals surface area contributed by atoms with Gasteiger partial charge in [-0.2, -0.15) is 0 Å². The lowest BCUT2D eigenvalue weighted by Crippen LogP contribution is -2.40. The molecule has 10 atom stereocenters. The van der Waals surface area contributed by atoms with E-state index < -0.39 is 111 Å². The van der Waals surface area contributed by atoms with Crippen LogP contribution in [0.25, 0.3) is 0 Å². The monoisotopic (exact) mass is 824 g/mol. The van der Waals surface area contributed by atoms with Crippen LogP contribution >= 0.6 is 21.3 Å². The normalized spacial score (nSPS) is 29.5. The third kappa shape index (κ3) is 11.0. The number of hydrogen-bond donors (Lipinski definition) is 6. The van der Waals surface area contributed by atoms with Crippen molar-refractivity contribution in [1.29, 1.82) is 0 Å². The van der Waals surface area contributed by atoms with Gasteiger partial charge in [-0.05, 0) is 51.3 Å². The Morgan fingerprint density at radius 3 is 1.98 bits per heavy atom. The number of aromatic amines is 2. The SMILES string of the molecule is CO[C@H]1C(OP(O)(=S)OC(C)(C)C)[C@@H](COP(O)(=S)OC[C@H]2O[C@@H](n3cc(C)c(=O)[nH]c3=O)C(C)[C@H]2OP(=O)(O)O)O[C@H]1n1ccc(=O)[nH]c1=O. The summed E-state index contributed by atoms with van der Waals surface area (Å²) in [6, 6.07) is 1.06. The van der Waals surface area contributed by atoms with Crippen LogP contribution in [0, 0.1) is 12.8 Å². The number of nitrogens with zero attached hydrogens (tertiary/aromatic N) is 2. The first kappa shape index (κ1) is 42.2. The van der Waals surface area contributed by atoms with E-state index in [2.05, 4.69) is 9.97 Å². The minimum atomic E-state index is -5.13. The molecule has 0 spiro atoms. The quantitative estimate of drug-likeness (QED) is 0.137. The van der Waals surface area contributed by atoms with Crippen LogP contribution in [0.2, 0.25) is 0 Å². The highest BCUT2D eigenvalue weighted by Crippen LogP contribution is 2.53. The van der Waals surface area contributed by atoms with E-state index in [0.717, 1.165) is 21.4 Å². The number of aryl methyl sites for hydroxylation is 1. The van der Waals surface area contributed by atoms with E-state index in [9.17, 15) is 43.3 Å². The highest BCUT2D eigenvalue weighted by molar-refractivity contribution is 8.07. The Morgan fingerprint density at radius 1 is 0.863 bits per heavy atom. The Hall–Kier alpha value is -1.59. The lowest BCUT2D eigenvalue weighted by molar-refractivity contribution is -0.0637. The Bertz CT molecular complexity index is 1960. The molecule has 2 aromatic heterocycles. The number of rotatable bonds is 14. The molecule has 2 aliphatic heterocycles. The van der Waals surface area contributed by atoms with Crippen molar-refractivity contribution in [2.45, 2.75) is 83.2 Å². The van der Waals surface area contributed by atoms with Gasteiger partial charge in [0.05, 0.1) is 18.8 Å². The number of nitrogens with one attached hydrogen (secondary N) is 2. The summed E-state index contributed by atoms with van der Waals surface area (Å²) in [5.74, 6) is -0.911. The summed E-state index contributed by atoms with van der Waals surface area (Å²) in [6.07, 6.45) is -6.63. The van der Waals surface area contributed by atoms with Gasteiger partial charge in [0.25, 0.3) is 11.1 Å². The Morgan fingerprint density at radius 2 is 1.43 bits per heavy atom. The minimum absolute atomic E-state index is 0.151. The summed E-state index contributed by atoms with van der Waals surface area (Å²) >= 11 is 10.4. The highest BCUT2D eigenvalue weighted by atomic mass is 32.5. The Kier molecular flexibility index (Phi) is 13.2. The van der Waals surface area contributed by atoms with Gasteiger partial charge in [-0.3, -0.25) is 37.7 Å². The lowest BCUT2D eigenvalue weighted by Gasteiger charge is -2.31. The summed E-state index contributed by atoms with van der Waals surface area (Å²) in [5.41, 5.74) is -3.84. The molecule has 4 unspecified atom stereocenters. The van der Waals surface area contributed by atoms with E-state index in [1.807, 2.05) is 0 Å². The Balaban J connectivity index is 1.55. The molecule has 288 valence electrons. The van der Waals surface area contributed by atoms with Crippen molar-refractivity contribution in [3.8, 4) is 0 Å². The zero-order chi connectivity index (χ0) is 38.3. The predicted octanol–water partition coefficient (Wildman–Crippen LogP) is -0.0139. The van der Waals surface area contributed by atoms with E-state index >= 15 is 0 Å². The van der Waals surface area contributed by atoms with Crippen molar-refractivity contribution in [3.05, 3.63) is 65.7 Å². The van der Waals surface area contributed by atoms with Crippen LogP contribution in [0.3, 0.4) is 0 Å². The van der Waals surface area contributed by atoms with Crippen molar-refractivity contribution >= 4 is 44.9 Å². The van der Waals surface area contributed by atoms with Crippen molar-refractivity contribution in [3.63, 3.8) is 0 Å². The van der Waals surface area contributed by atoms with Crippen LogP contribution in [0.4, 0.5) is 0 Å². The maximum absolute atomic E-state index is 12.6. The number of phosphoric acid groups is 1. The first-order chi connectivity index (χ1) is 23.4. The average Bonchev–Trinajstić information content (AvgIpc) is 3.46. The third-order valence-corrected chi connectivity index (χ3v) is 11.3. The van der Waals surface area contributed by atoms with Crippen LogP contribution in [0.5, 0.6) is 0 Å². The Labute approximate surface area is 299 Å². The standard InChI is InChI=1S/C25H39N4O17P3S2/c1-12-9-29(24(33)27-20(12)31)21-13(2)17(44-47(34,35)36)14(42-21)10-40-48(37,50)41-11-15-18(45-49(38,51)46-25(3,4)5)19(39-6)22(43-15)28-8-7-16(30)26-23(28)32/h7-9,13-15,17-19,21-22H,10-11H2,1-6H3,(H,37,50)(H,38,51)(H,26,30,32)(H,27,31,33)(H2,34,35,36)/t13?,14-,15-,17-,18?,19+,21-,22-,48?,49?/m1/s1. The maximum atomic E-state index is 12.6. The molecule has 2 saturated heterocycles. The molecule has 0 bridgehead atoms. The molecule has 0 aliphatic carbocycles. The van der Waals surface area contributed by atoms with E-state index in [1.54, 1.807) is 20.8 Å². The molecule has 0 amide bonds. The number of phosphoric ester groups is 1. The number of H-pyrrole nitrogens is 2. The zero-order valence-electron chi connectivity index (χ0n) is 27.9. The van der Waals surface area contributed by atoms with Crippen molar-refractivity contribution in [2.75, 3.05) is 20.3 Å². The van der Waals surface area contributed by atoms with E-state index in [1.165, 1.54) is 27.2 Å². The molecular weight excluding hydrogens is 785 g/mol. The number of ether oxygens (including phenoxy) is 3. The van der Waals surface area contributed by atoms with Crippen molar-refractivity contribution < 1.29 is 61.0 Å². The molecule has 6 N–H and O–H groups in total. The summed E-state index contributed by atoms with van der Waals surface area (Å²) in [4.78, 5) is 94.0. The summed E-state index contributed by atoms with van der Waals surface area (Å²) in [5, 5.41) is 0. The van der Waals surface area contributed by atoms with Crippen LogP contribution in [0.15, 0.2) is 37.6 Å². The van der Waals surface area contributed by atoms with E-state index in [0.29, 0.717) is 0 Å². The van der Waals surface area contributed by atoms with Gasteiger partial charge in [-0.15, -0.1) is 0 Å². The first-order valence-electron chi connectivity index (χ1n) is 15.0. The second-order valence-electron chi connectivity index (χ2n) is 12.5. The molecule has 0 radical (unpaired) electrons. The lowest BCUT2D eigenvalue weighted by atomic mass is 10.0. The summed E-state index contributed by atoms with van der Waals surface area (Å²) in [6.45, 7) is -1.78. The van der Waals surface area contributed by atoms with Gasteiger partial charge in [0.2, 0.25) is 0 Å². The molecule has 0 aromatic carbocycles. The van der Waals surface area contributed by atoms with Gasteiger partial charge in [-0.1, -0.05) is 6.92 Å². The van der Waals surface area contributed by atoms with E-state index in [4.69, 9.17) is 60.4 Å². The molecule has 4 rings (SSSR count). The topological polar surface area (TPSA) is 282 Å². The maximum Gasteiger partial charge on any atom is 0.469 e. The van der Waals surface area contributed by atoms with Gasteiger partial charge in [0.15, 0.2) is 6.23 Å². The van der Waals surface area contributed by atoms with Gasteiger partial charge in [-0.25, -0.2) is 14.2 Å². The fourth-order valence-electron chi connectivity index (χ4n) is 5.40. The fourth-order valence-corrected chi connectivity index (χ4v) is 9.42. The van der Waals surface area contributed by atoms with Crippen LogP contribution in [-0.2, 0) is 65.0 Å². The summed E-state index contributed by atoms with van der Waals surface area (Å²) in [7, 11) is -3.87. The van der Waals surface area contributed by atoms with Gasteiger partial charge in [0, 0.05) is 37.1 Å². The van der Waals surface area contributed by atoms with Crippen LogP contribution < -0.4 is 22.5 Å². The zero-order valence-corrected chi connectivity index (χ0v) is 32.2. The number of methoxy groups -OCH3 is 1. The second kappa shape index (κ2) is 16.0. The summed E-state index contributed by atoms with van der Waals surface area (Å²) < 4.78 is 58.6. The fraction of sp³-hybridized carbons (Fsp3) is 0.680. The largest absolute Gasteiger partial charge is 0.469 e. The number of hydrogen-bond acceptors (Lipinski definition) is 15. The molecule has 26 heteroatoms. The van der Waals surface area contributed by atoms with Crippen LogP contribution in [0.1, 0.15) is 45.7 Å². The molecule has 21 nitrogen and oxygen atoms in total. The minimum Gasteiger partial charge on any atom is -0.374 e. The van der Waals surface area contributed by atoms with Gasteiger partial charge < -0.3 is 47.4 Å². The molecule has 2 aromatic rings. The van der Waals surface area contributed by atoms with Crippen molar-refractivity contribution in [2.24, 2.45) is 5.92 Å². The molecule has 4 heterocycles. The smallest absolute Gasteiger partial charge is 0.374 e. The molecule has 2 fully saturated rings.